The molecule has 2 saturated heterocycles. The Hall–Kier alpha value is -3.39. The van der Waals surface area contributed by atoms with Gasteiger partial charge >= 0.3 is 12.2 Å². The van der Waals surface area contributed by atoms with Gasteiger partial charge in [-0.1, -0.05) is 24.7 Å². The Morgan fingerprint density at radius 2 is 2.00 bits per heavy atom. The summed E-state index contributed by atoms with van der Waals surface area (Å²) >= 11 is 0.759. The molecule has 0 spiro atoms. The predicted octanol–water partition coefficient (Wildman–Crippen LogP) is 6.95. The number of nitrogens with one attached hydrogen (secondary N) is 1. The molecule has 3 fully saturated rings. The first-order valence-corrected chi connectivity index (χ1v) is 15.0. The standard InChI is InChI=1S/C29H28F6N6OS/c1-2-13-8-19(13)37-25-16-9-17(29(33,34)35)20(15-4-5-18(31)24-23(15)38-26(36)43-24)21(32)22(16)39-27(40-25)42-12-28-6-3-7-41(28)11-14(30)10-28/h4-5,9,13-14,19H,2-3,6-8,10-12H2,1H3,(H2,36,38)(H,37,39,40)/t13-,14-,19-,28+/m1/s1. The third-order valence-corrected chi connectivity index (χ3v) is 9.89. The molecule has 228 valence electrons. The topological polar surface area (TPSA) is 89.2 Å². The molecular formula is C29H28F6N6OS. The minimum absolute atomic E-state index is 0.0228. The zero-order valence-corrected chi connectivity index (χ0v) is 23.9. The van der Waals surface area contributed by atoms with Gasteiger partial charge in [-0.15, -0.1) is 0 Å². The zero-order chi connectivity index (χ0) is 30.3. The van der Waals surface area contributed by atoms with E-state index in [1.165, 1.54) is 0 Å². The number of rotatable bonds is 7. The molecule has 1 aliphatic carbocycles. The van der Waals surface area contributed by atoms with Gasteiger partial charge in [0.15, 0.2) is 10.9 Å². The molecule has 2 aliphatic heterocycles. The first kappa shape index (κ1) is 28.4. The second-order valence-electron chi connectivity index (χ2n) is 11.7. The van der Waals surface area contributed by atoms with Crippen LogP contribution in [0.25, 0.3) is 32.2 Å². The maximum absolute atomic E-state index is 16.6. The number of hydrogen-bond acceptors (Lipinski definition) is 8. The average Bonchev–Trinajstić information content (AvgIpc) is 3.21. The first-order valence-electron chi connectivity index (χ1n) is 14.2. The molecule has 43 heavy (non-hydrogen) atoms. The van der Waals surface area contributed by atoms with Crippen LogP contribution in [0.2, 0.25) is 0 Å². The van der Waals surface area contributed by atoms with E-state index in [4.69, 9.17) is 10.5 Å². The second kappa shape index (κ2) is 10.1. The number of benzene rings is 2. The summed E-state index contributed by atoms with van der Waals surface area (Å²) in [5.74, 6) is -1.68. The molecule has 0 bridgehead atoms. The Morgan fingerprint density at radius 3 is 2.74 bits per heavy atom. The van der Waals surface area contributed by atoms with Gasteiger partial charge in [-0.05, 0) is 49.9 Å². The van der Waals surface area contributed by atoms with Gasteiger partial charge in [0.05, 0.1) is 21.3 Å². The van der Waals surface area contributed by atoms with Gasteiger partial charge in [0.25, 0.3) is 0 Å². The fourth-order valence-electron chi connectivity index (χ4n) is 6.76. The first-order chi connectivity index (χ1) is 20.5. The van der Waals surface area contributed by atoms with Gasteiger partial charge in [-0.25, -0.2) is 18.2 Å². The molecule has 2 aromatic carbocycles. The molecule has 7 nitrogen and oxygen atoms in total. The van der Waals surface area contributed by atoms with Crippen molar-refractivity contribution in [3.63, 3.8) is 0 Å². The normalized spacial score (nSPS) is 25.5. The Balaban J connectivity index is 1.40. The zero-order valence-electron chi connectivity index (χ0n) is 23.1. The van der Waals surface area contributed by atoms with Crippen molar-refractivity contribution in [1.29, 1.82) is 0 Å². The highest BCUT2D eigenvalue weighted by atomic mass is 32.1. The summed E-state index contributed by atoms with van der Waals surface area (Å²) in [5, 5.41) is 2.94. The van der Waals surface area contributed by atoms with E-state index in [0.29, 0.717) is 12.5 Å². The fraction of sp³-hybridized carbons (Fsp3) is 0.483. The quantitative estimate of drug-likeness (QED) is 0.216. The molecule has 3 aliphatic rings. The number of anilines is 2. The van der Waals surface area contributed by atoms with Crippen LogP contribution in [-0.4, -0.2) is 57.3 Å². The summed E-state index contributed by atoms with van der Waals surface area (Å²) in [7, 11) is 0. The Morgan fingerprint density at radius 1 is 1.19 bits per heavy atom. The third-order valence-electron chi connectivity index (χ3n) is 9.00. The van der Waals surface area contributed by atoms with Gasteiger partial charge in [0.2, 0.25) is 0 Å². The van der Waals surface area contributed by atoms with Crippen molar-refractivity contribution >= 4 is 43.4 Å². The summed E-state index contributed by atoms with van der Waals surface area (Å²) in [5.41, 5.74) is 2.29. The highest BCUT2D eigenvalue weighted by Gasteiger charge is 2.49. The number of nitrogens with zero attached hydrogens (tertiary/aromatic N) is 4. The van der Waals surface area contributed by atoms with E-state index >= 15 is 4.39 Å². The largest absolute Gasteiger partial charge is 0.461 e. The smallest absolute Gasteiger partial charge is 0.417 e. The molecule has 4 heterocycles. The van der Waals surface area contributed by atoms with Crippen molar-refractivity contribution in [2.45, 2.75) is 63.0 Å². The number of fused-ring (bicyclic) bond motifs is 3. The van der Waals surface area contributed by atoms with Crippen LogP contribution in [0.5, 0.6) is 6.01 Å². The van der Waals surface area contributed by atoms with E-state index in [1.807, 2.05) is 11.8 Å². The lowest BCUT2D eigenvalue weighted by Crippen LogP contribution is -2.43. The lowest BCUT2D eigenvalue weighted by atomic mass is 9.95. The van der Waals surface area contributed by atoms with E-state index in [0.717, 1.165) is 61.8 Å². The van der Waals surface area contributed by atoms with Gasteiger partial charge in [-0.2, -0.15) is 23.1 Å². The minimum Gasteiger partial charge on any atom is -0.461 e. The lowest BCUT2D eigenvalue weighted by Gasteiger charge is -2.30. The van der Waals surface area contributed by atoms with Crippen LogP contribution in [0, 0.1) is 17.6 Å². The van der Waals surface area contributed by atoms with E-state index in [-0.39, 0.29) is 62.7 Å². The molecule has 0 amide bonds. The highest BCUT2D eigenvalue weighted by Crippen LogP contribution is 2.47. The number of nitrogen functional groups attached to an aromatic ring is 1. The Bertz CT molecular complexity index is 1750. The predicted molar refractivity (Wildman–Crippen MR) is 152 cm³/mol. The summed E-state index contributed by atoms with van der Waals surface area (Å²) in [4.78, 5) is 14.7. The molecule has 3 N–H and O–H groups in total. The summed E-state index contributed by atoms with van der Waals surface area (Å²) in [6, 6.07) is 2.57. The van der Waals surface area contributed by atoms with Crippen LogP contribution in [0.3, 0.4) is 0 Å². The monoisotopic (exact) mass is 622 g/mol. The van der Waals surface area contributed by atoms with Crippen molar-refractivity contribution in [1.82, 2.24) is 19.9 Å². The van der Waals surface area contributed by atoms with Crippen LogP contribution in [-0.2, 0) is 6.18 Å². The summed E-state index contributed by atoms with van der Waals surface area (Å²) < 4.78 is 95.1. The number of alkyl halides is 4. The second-order valence-corrected chi connectivity index (χ2v) is 12.7. The van der Waals surface area contributed by atoms with E-state index < -0.39 is 40.6 Å². The number of halogens is 6. The molecule has 4 aromatic rings. The van der Waals surface area contributed by atoms with Crippen LogP contribution < -0.4 is 15.8 Å². The van der Waals surface area contributed by atoms with Crippen LogP contribution in [0.4, 0.5) is 37.3 Å². The SMILES string of the molecule is CC[C@@H]1C[C@H]1Nc1nc(OC[C@@]23CCCN2C[C@H](F)C3)nc2c(F)c(-c3ccc(F)c4sc(N)nc34)c(C(F)(F)F)cc12. The van der Waals surface area contributed by atoms with Crippen LogP contribution in [0.1, 0.15) is 44.6 Å². The van der Waals surface area contributed by atoms with E-state index in [1.54, 1.807) is 0 Å². The fourth-order valence-corrected chi connectivity index (χ4v) is 7.52. The van der Waals surface area contributed by atoms with Crippen LogP contribution >= 0.6 is 11.3 Å². The summed E-state index contributed by atoms with van der Waals surface area (Å²) in [6.45, 7) is 3.11. The van der Waals surface area contributed by atoms with Gasteiger partial charge in [0.1, 0.15) is 29.9 Å². The molecule has 7 rings (SSSR count). The molecule has 1 saturated carbocycles. The van der Waals surface area contributed by atoms with Crippen molar-refractivity contribution < 1.29 is 31.1 Å². The molecular weight excluding hydrogens is 594 g/mol. The molecule has 14 heteroatoms. The van der Waals surface area contributed by atoms with Crippen molar-refractivity contribution in [3.8, 4) is 17.1 Å². The number of hydrogen-bond donors (Lipinski definition) is 2. The highest BCUT2D eigenvalue weighted by molar-refractivity contribution is 7.22. The number of nitrogens with two attached hydrogens (primary N) is 1. The molecule has 0 unspecified atom stereocenters. The Kier molecular flexibility index (Phi) is 6.65. The minimum atomic E-state index is -4.99. The average molecular weight is 623 g/mol. The van der Waals surface area contributed by atoms with E-state index in [2.05, 4.69) is 20.3 Å². The third kappa shape index (κ3) is 4.82. The molecule has 4 atom stereocenters. The molecule has 0 radical (unpaired) electrons. The maximum Gasteiger partial charge on any atom is 0.417 e. The number of thiazole rings is 1. The Labute approximate surface area is 246 Å². The number of ether oxygens (including phenoxy) is 1. The van der Waals surface area contributed by atoms with Crippen molar-refractivity contribution in [2.75, 3.05) is 30.7 Å². The van der Waals surface area contributed by atoms with Crippen molar-refractivity contribution in [3.05, 3.63) is 35.4 Å². The van der Waals surface area contributed by atoms with Crippen molar-refractivity contribution in [2.24, 2.45) is 5.92 Å². The van der Waals surface area contributed by atoms with E-state index in [9.17, 15) is 22.0 Å². The lowest BCUT2D eigenvalue weighted by molar-refractivity contribution is -0.137. The van der Waals surface area contributed by atoms with Crippen LogP contribution in [0.15, 0.2) is 18.2 Å². The number of aromatic nitrogens is 3. The maximum atomic E-state index is 16.6. The molecule has 2 aromatic heterocycles. The summed E-state index contributed by atoms with van der Waals surface area (Å²) in [6.07, 6.45) is -2.44. The van der Waals surface area contributed by atoms with Gasteiger partial charge in [-0.3, -0.25) is 4.90 Å². The van der Waals surface area contributed by atoms with Gasteiger partial charge in [0, 0.05) is 35.5 Å². The van der Waals surface area contributed by atoms with Gasteiger partial charge < -0.3 is 15.8 Å².